The van der Waals surface area contributed by atoms with Crippen molar-refractivity contribution in [2.24, 2.45) is 0 Å². The Labute approximate surface area is 152 Å². The molecule has 0 aliphatic carbocycles. The number of benzene rings is 2. The van der Waals surface area contributed by atoms with Crippen molar-refractivity contribution in [3.8, 4) is 11.5 Å². The molecule has 0 spiro atoms. The number of aliphatic hydroxyl groups is 1. The van der Waals surface area contributed by atoms with Gasteiger partial charge in [-0.15, -0.1) is 0 Å². The minimum atomic E-state index is -0.574. The highest BCUT2D eigenvalue weighted by Crippen LogP contribution is 2.24. The molecule has 0 unspecified atom stereocenters. The summed E-state index contributed by atoms with van der Waals surface area (Å²) in [5, 5.41) is 14.1. The van der Waals surface area contributed by atoms with Crippen LogP contribution in [0.2, 0.25) is 0 Å². The molecular weight excluding hydrogens is 330 g/mol. The monoisotopic (exact) mass is 353 g/mol. The van der Waals surface area contributed by atoms with Crippen LogP contribution in [0.1, 0.15) is 5.76 Å². The number of furan rings is 1. The minimum Gasteiger partial charge on any atom is -0.492 e. The van der Waals surface area contributed by atoms with Crippen LogP contribution >= 0.6 is 0 Å². The molecule has 0 saturated carbocycles. The van der Waals surface area contributed by atoms with E-state index in [1.165, 1.54) is 0 Å². The summed E-state index contributed by atoms with van der Waals surface area (Å²) in [5.74, 6) is 2.28. The Balaban J connectivity index is 1.34. The zero-order valence-electron chi connectivity index (χ0n) is 14.6. The molecule has 3 rings (SSSR count). The van der Waals surface area contributed by atoms with Gasteiger partial charge in [0.1, 0.15) is 42.2 Å². The second-order valence-electron chi connectivity index (χ2n) is 5.88. The van der Waals surface area contributed by atoms with Gasteiger partial charge in [-0.1, -0.05) is 24.8 Å². The summed E-state index contributed by atoms with van der Waals surface area (Å²) in [6.07, 6.45) is 1.10. The quantitative estimate of drug-likeness (QED) is 0.546. The van der Waals surface area contributed by atoms with Crippen molar-refractivity contribution in [3.63, 3.8) is 0 Å². The lowest BCUT2D eigenvalue weighted by atomic mass is 10.2. The fourth-order valence-corrected chi connectivity index (χ4v) is 2.51. The molecular formula is C21H23NO4. The van der Waals surface area contributed by atoms with E-state index in [9.17, 15) is 5.11 Å². The van der Waals surface area contributed by atoms with Crippen LogP contribution in [-0.2, 0) is 0 Å². The maximum atomic E-state index is 9.92. The third kappa shape index (κ3) is 5.12. The Morgan fingerprint density at radius 1 is 1.08 bits per heavy atom. The van der Waals surface area contributed by atoms with Crippen LogP contribution in [0.3, 0.4) is 0 Å². The van der Waals surface area contributed by atoms with Crippen LogP contribution in [0, 0.1) is 0 Å². The van der Waals surface area contributed by atoms with Crippen LogP contribution < -0.4 is 14.8 Å². The van der Waals surface area contributed by atoms with E-state index in [1.54, 1.807) is 6.08 Å². The van der Waals surface area contributed by atoms with Gasteiger partial charge in [-0.05, 0) is 42.5 Å². The second kappa shape index (κ2) is 9.08. The molecule has 0 aliphatic rings. The van der Waals surface area contributed by atoms with E-state index >= 15 is 0 Å². The standard InChI is InChI=1S/C21H23NO4/c1-2-18-12-16-13-20(8-9-21(16)26-18)24-11-10-22-14-17(23)15-25-19-6-4-3-5-7-19/h2-9,12-13,17,22-23H,1,10-11,14-15H2/t17-/m0/s1. The van der Waals surface area contributed by atoms with Crippen LogP contribution in [0.25, 0.3) is 17.0 Å². The maximum Gasteiger partial charge on any atom is 0.135 e. The first-order chi connectivity index (χ1) is 12.7. The van der Waals surface area contributed by atoms with Gasteiger partial charge in [-0.25, -0.2) is 0 Å². The van der Waals surface area contributed by atoms with Gasteiger partial charge in [0.2, 0.25) is 0 Å². The predicted octanol–water partition coefficient (Wildman–Crippen LogP) is 3.48. The molecule has 5 heteroatoms. The summed E-state index contributed by atoms with van der Waals surface area (Å²) in [6.45, 7) is 5.53. The van der Waals surface area contributed by atoms with Gasteiger partial charge in [0.05, 0.1) is 0 Å². The third-order valence-electron chi connectivity index (χ3n) is 3.82. The molecule has 2 aromatic carbocycles. The molecule has 26 heavy (non-hydrogen) atoms. The Bertz CT molecular complexity index is 828. The van der Waals surface area contributed by atoms with Crippen molar-refractivity contribution >= 4 is 17.0 Å². The average Bonchev–Trinajstić information content (AvgIpc) is 3.09. The van der Waals surface area contributed by atoms with Gasteiger partial charge in [-0.3, -0.25) is 0 Å². The van der Waals surface area contributed by atoms with Crippen molar-refractivity contribution in [3.05, 3.63) is 66.9 Å². The molecule has 0 bridgehead atoms. The molecule has 3 aromatic rings. The van der Waals surface area contributed by atoms with E-state index in [0.717, 1.165) is 28.2 Å². The van der Waals surface area contributed by atoms with Gasteiger partial charge in [-0.2, -0.15) is 0 Å². The number of rotatable bonds is 10. The Morgan fingerprint density at radius 3 is 2.73 bits per heavy atom. The summed E-state index contributed by atoms with van der Waals surface area (Å²) in [7, 11) is 0. The highest BCUT2D eigenvalue weighted by Gasteiger charge is 2.05. The summed E-state index contributed by atoms with van der Waals surface area (Å²) in [4.78, 5) is 0. The van der Waals surface area contributed by atoms with Gasteiger partial charge in [0.15, 0.2) is 0 Å². The maximum absolute atomic E-state index is 9.92. The molecule has 0 fully saturated rings. The van der Waals surface area contributed by atoms with E-state index in [2.05, 4.69) is 11.9 Å². The lowest BCUT2D eigenvalue weighted by Gasteiger charge is -2.13. The highest BCUT2D eigenvalue weighted by molar-refractivity contribution is 5.81. The summed E-state index contributed by atoms with van der Waals surface area (Å²) in [5.41, 5.74) is 0.812. The number of aliphatic hydroxyl groups excluding tert-OH is 1. The number of fused-ring (bicyclic) bond motifs is 1. The third-order valence-corrected chi connectivity index (χ3v) is 3.82. The first-order valence-electron chi connectivity index (χ1n) is 8.60. The first kappa shape index (κ1) is 18.0. The van der Waals surface area contributed by atoms with Crippen LogP contribution in [-0.4, -0.2) is 37.5 Å². The normalized spacial score (nSPS) is 12.0. The molecule has 2 N–H and O–H groups in total. The van der Waals surface area contributed by atoms with Gasteiger partial charge >= 0.3 is 0 Å². The molecule has 1 atom stereocenters. The summed E-state index contributed by atoms with van der Waals surface area (Å²) >= 11 is 0. The van der Waals surface area contributed by atoms with Crippen molar-refractivity contribution in [2.45, 2.75) is 6.10 Å². The Morgan fingerprint density at radius 2 is 1.92 bits per heavy atom. The molecule has 1 aromatic heterocycles. The molecule has 0 aliphatic heterocycles. The smallest absolute Gasteiger partial charge is 0.135 e. The number of ether oxygens (including phenoxy) is 2. The lowest BCUT2D eigenvalue weighted by molar-refractivity contribution is 0.105. The fourth-order valence-electron chi connectivity index (χ4n) is 2.51. The fraction of sp³-hybridized carbons (Fsp3) is 0.238. The van der Waals surface area contributed by atoms with Crippen LogP contribution in [0.4, 0.5) is 0 Å². The first-order valence-corrected chi connectivity index (χ1v) is 8.60. The molecule has 0 amide bonds. The minimum absolute atomic E-state index is 0.251. The summed E-state index contributed by atoms with van der Waals surface area (Å²) < 4.78 is 16.8. The van der Waals surface area contributed by atoms with Crippen molar-refractivity contribution in [1.29, 1.82) is 0 Å². The van der Waals surface area contributed by atoms with Gasteiger partial charge in [0.25, 0.3) is 0 Å². The van der Waals surface area contributed by atoms with Gasteiger partial charge in [0, 0.05) is 18.5 Å². The zero-order valence-corrected chi connectivity index (χ0v) is 14.6. The van der Waals surface area contributed by atoms with E-state index in [0.29, 0.717) is 19.7 Å². The predicted molar refractivity (Wildman–Crippen MR) is 103 cm³/mol. The lowest BCUT2D eigenvalue weighted by Crippen LogP contribution is -2.33. The second-order valence-corrected chi connectivity index (χ2v) is 5.88. The SMILES string of the molecule is C=Cc1cc2cc(OCCNC[C@H](O)COc3ccccc3)ccc2o1. The van der Waals surface area contributed by atoms with Crippen molar-refractivity contribution in [2.75, 3.05) is 26.3 Å². The van der Waals surface area contributed by atoms with E-state index in [-0.39, 0.29) is 6.61 Å². The number of para-hydroxylation sites is 1. The van der Waals surface area contributed by atoms with Crippen LogP contribution in [0.5, 0.6) is 11.5 Å². The largest absolute Gasteiger partial charge is 0.492 e. The average molecular weight is 353 g/mol. The van der Waals surface area contributed by atoms with Crippen LogP contribution in [0.15, 0.2) is 65.6 Å². The molecule has 136 valence electrons. The van der Waals surface area contributed by atoms with E-state index < -0.39 is 6.10 Å². The Hall–Kier alpha value is -2.76. The van der Waals surface area contributed by atoms with E-state index in [4.69, 9.17) is 13.9 Å². The van der Waals surface area contributed by atoms with Gasteiger partial charge < -0.3 is 24.3 Å². The van der Waals surface area contributed by atoms with E-state index in [1.807, 2.05) is 54.6 Å². The number of hydrogen-bond acceptors (Lipinski definition) is 5. The molecule has 1 heterocycles. The molecule has 5 nitrogen and oxygen atoms in total. The topological polar surface area (TPSA) is 63.9 Å². The van der Waals surface area contributed by atoms with Crippen molar-refractivity contribution < 1.29 is 19.0 Å². The molecule has 0 saturated heterocycles. The zero-order chi connectivity index (χ0) is 18.2. The molecule has 0 radical (unpaired) electrons. The highest BCUT2D eigenvalue weighted by atomic mass is 16.5. The number of hydrogen-bond donors (Lipinski definition) is 2. The summed E-state index contributed by atoms with van der Waals surface area (Å²) in [6, 6.07) is 17.1. The Kier molecular flexibility index (Phi) is 6.30. The number of nitrogens with one attached hydrogen (secondary N) is 1. The van der Waals surface area contributed by atoms with Crippen molar-refractivity contribution in [1.82, 2.24) is 5.32 Å².